The highest BCUT2D eigenvalue weighted by Crippen LogP contribution is 2.36. The van der Waals surface area contributed by atoms with Gasteiger partial charge in [-0.2, -0.15) is 0 Å². The van der Waals surface area contributed by atoms with Gasteiger partial charge in [0.25, 0.3) is 0 Å². The van der Waals surface area contributed by atoms with E-state index in [-0.39, 0.29) is 43.8 Å². The molecule has 1 unspecified atom stereocenters. The van der Waals surface area contributed by atoms with E-state index in [1.165, 1.54) is 4.90 Å². The molecule has 166 valence electrons. The second-order valence-electron chi connectivity index (χ2n) is 7.94. The third-order valence-electron chi connectivity index (χ3n) is 6.11. The number of imidazole rings is 1. The standard InChI is InChI=1S/C20H20F4N4O2S/c1-25-3-4-27(9-16(25)30)15(29)7-13-14-5-10(8-28(14)20(31)26(13)2)17-18(23)11(21)6-12(22)19(17)24/h6,10H,3-5,7-9H2,1-2H3. The van der Waals surface area contributed by atoms with Gasteiger partial charge in [0, 0.05) is 62.7 Å². The molecule has 0 bridgehead atoms. The number of likely N-dealkylation sites (N-methyl/N-ethyl adjacent to an activating group) is 1. The molecule has 2 amide bonds. The van der Waals surface area contributed by atoms with Gasteiger partial charge in [0.1, 0.15) is 0 Å². The first kappa shape index (κ1) is 21.5. The molecule has 4 rings (SSSR count). The average molecular weight is 456 g/mol. The van der Waals surface area contributed by atoms with E-state index in [1.807, 2.05) is 0 Å². The van der Waals surface area contributed by atoms with Crippen molar-refractivity contribution < 1.29 is 27.2 Å². The molecule has 1 saturated heterocycles. The fourth-order valence-electron chi connectivity index (χ4n) is 4.29. The van der Waals surface area contributed by atoms with Crippen LogP contribution >= 0.6 is 12.2 Å². The molecule has 2 aromatic rings. The van der Waals surface area contributed by atoms with E-state index >= 15 is 0 Å². The van der Waals surface area contributed by atoms with Crippen LogP contribution < -0.4 is 0 Å². The summed E-state index contributed by atoms with van der Waals surface area (Å²) in [4.78, 5) is 27.7. The molecule has 1 aromatic heterocycles. The Balaban J connectivity index is 1.62. The zero-order valence-electron chi connectivity index (χ0n) is 16.9. The van der Waals surface area contributed by atoms with Crippen LogP contribution in [0.3, 0.4) is 0 Å². The van der Waals surface area contributed by atoms with Crippen molar-refractivity contribution in [3.8, 4) is 0 Å². The predicted molar refractivity (Wildman–Crippen MR) is 105 cm³/mol. The summed E-state index contributed by atoms with van der Waals surface area (Å²) < 4.78 is 59.6. The first-order valence-corrected chi connectivity index (χ1v) is 10.1. The molecule has 11 heteroatoms. The molecule has 2 aliphatic rings. The molecule has 6 nitrogen and oxygen atoms in total. The van der Waals surface area contributed by atoms with Gasteiger partial charge in [0.15, 0.2) is 28.0 Å². The Labute approximate surface area is 180 Å². The summed E-state index contributed by atoms with van der Waals surface area (Å²) in [6, 6.07) is 0.184. The Morgan fingerprint density at radius 1 is 1.13 bits per heavy atom. The molecule has 1 aromatic carbocycles. The highest BCUT2D eigenvalue weighted by Gasteiger charge is 2.35. The summed E-state index contributed by atoms with van der Waals surface area (Å²) in [5.74, 6) is -7.03. The van der Waals surface area contributed by atoms with Crippen LogP contribution in [0, 0.1) is 28.0 Å². The summed E-state index contributed by atoms with van der Waals surface area (Å²) in [5, 5.41) is 0. The number of nitrogens with zero attached hydrogens (tertiary/aromatic N) is 4. The largest absolute Gasteiger partial charge is 0.342 e. The van der Waals surface area contributed by atoms with Gasteiger partial charge in [-0.3, -0.25) is 9.59 Å². The van der Waals surface area contributed by atoms with Crippen LogP contribution in [-0.4, -0.2) is 57.4 Å². The Bertz CT molecular complexity index is 1130. The van der Waals surface area contributed by atoms with Gasteiger partial charge in [0.05, 0.1) is 13.0 Å². The van der Waals surface area contributed by atoms with Crippen LogP contribution in [0.15, 0.2) is 6.07 Å². The Kier molecular flexibility index (Phi) is 5.40. The molecular weight excluding hydrogens is 436 g/mol. The maximum atomic E-state index is 14.3. The van der Waals surface area contributed by atoms with Crippen molar-refractivity contribution in [1.29, 1.82) is 0 Å². The van der Waals surface area contributed by atoms with E-state index in [1.54, 1.807) is 28.1 Å². The maximum Gasteiger partial charge on any atom is 0.241 e. The fourth-order valence-corrected chi connectivity index (χ4v) is 4.58. The number of rotatable bonds is 3. The van der Waals surface area contributed by atoms with E-state index in [4.69, 9.17) is 12.2 Å². The lowest BCUT2D eigenvalue weighted by atomic mass is 9.94. The lowest BCUT2D eigenvalue weighted by Crippen LogP contribution is -2.51. The number of hydrogen-bond donors (Lipinski definition) is 0. The van der Waals surface area contributed by atoms with E-state index in [9.17, 15) is 27.2 Å². The maximum absolute atomic E-state index is 14.3. The number of hydrogen-bond acceptors (Lipinski definition) is 3. The minimum Gasteiger partial charge on any atom is -0.342 e. The number of halogens is 4. The fraction of sp³-hybridized carbons (Fsp3) is 0.450. The third-order valence-corrected chi connectivity index (χ3v) is 6.60. The Hall–Kier alpha value is -2.69. The molecule has 0 saturated carbocycles. The van der Waals surface area contributed by atoms with Gasteiger partial charge in [-0.1, -0.05) is 0 Å². The van der Waals surface area contributed by atoms with Crippen LogP contribution in [0.1, 0.15) is 22.9 Å². The number of carbonyl (C=O) groups excluding carboxylic acids is 2. The van der Waals surface area contributed by atoms with Gasteiger partial charge in [-0.25, -0.2) is 17.6 Å². The highest BCUT2D eigenvalue weighted by molar-refractivity contribution is 7.71. The molecule has 0 aliphatic carbocycles. The number of carbonyl (C=O) groups is 2. The number of fused-ring (bicyclic) bond motifs is 1. The second kappa shape index (κ2) is 7.77. The van der Waals surface area contributed by atoms with Crippen LogP contribution in [0.5, 0.6) is 0 Å². The zero-order chi connectivity index (χ0) is 22.6. The van der Waals surface area contributed by atoms with E-state index < -0.39 is 34.8 Å². The molecule has 0 N–H and O–H groups in total. The third kappa shape index (κ3) is 3.54. The normalized spacial score (nSPS) is 18.6. The van der Waals surface area contributed by atoms with Crippen LogP contribution in [0.4, 0.5) is 17.6 Å². The van der Waals surface area contributed by atoms with E-state index in [0.717, 1.165) is 0 Å². The SMILES string of the molecule is CN1CCN(C(=O)Cc2c3n(c(=S)n2C)CC(c2c(F)c(F)cc(F)c2F)C3)CC1=O. The quantitative estimate of drug-likeness (QED) is 0.405. The number of benzene rings is 1. The first-order valence-electron chi connectivity index (χ1n) is 9.72. The average Bonchev–Trinajstić information content (AvgIpc) is 3.23. The summed E-state index contributed by atoms with van der Waals surface area (Å²) in [6.07, 6.45) is 0.0279. The summed E-state index contributed by atoms with van der Waals surface area (Å²) in [5.41, 5.74) is 0.497. The lowest BCUT2D eigenvalue weighted by molar-refractivity contribution is -0.143. The van der Waals surface area contributed by atoms with Crippen molar-refractivity contribution >= 4 is 24.0 Å². The lowest BCUT2D eigenvalue weighted by Gasteiger charge is -2.32. The first-order chi connectivity index (χ1) is 14.6. The van der Waals surface area contributed by atoms with Crippen molar-refractivity contribution in [2.24, 2.45) is 7.05 Å². The summed E-state index contributed by atoms with van der Waals surface area (Å²) in [7, 11) is 3.35. The topological polar surface area (TPSA) is 50.5 Å². The monoisotopic (exact) mass is 456 g/mol. The summed E-state index contributed by atoms with van der Waals surface area (Å²) in [6.45, 7) is 0.864. The van der Waals surface area contributed by atoms with Crippen LogP contribution in [0.25, 0.3) is 0 Å². The highest BCUT2D eigenvalue weighted by atomic mass is 32.1. The molecule has 0 spiro atoms. The molecular formula is C20H20F4N4O2S. The predicted octanol–water partition coefficient (Wildman–Crippen LogP) is 2.30. The van der Waals surface area contributed by atoms with Crippen LogP contribution in [0.2, 0.25) is 0 Å². The number of aromatic nitrogens is 2. The number of amides is 2. The molecule has 3 heterocycles. The molecule has 1 fully saturated rings. The van der Waals surface area contributed by atoms with Crippen molar-refractivity contribution in [3.63, 3.8) is 0 Å². The van der Waals surface area contributed by atoms with Crippen molar-refractivity contribution in [2.75, 3.05) is 26.7 Å². The smallest absolute Gasteiger partial charge is 0.241 e. The van der Waals surface area contributed by atoms with Crippen molar-refractivity contribution in [3.05, 3.63) is 51.1 Å². The van der Waals surface area contributed by atoms with Crippen LogP contribution in [-0.2, 0) is 36.0 Å². The minimum atomic E-state index is -1.45. The molecule has 2 aliphatic heterocycles. The zero-order valence-corrected chi connectivity index (χ0v) is 17.7. The van der Waals surface area contributed by atoms with E-state index in [2.05, 4.69) is 0 Å². The minimum absolute atomic E-state index is 0.0164. The molecule has 31 heavy (non-hydrogen) atoms. The summed E-state index contributed by atoms with van der Waals surface area (Å²) >= 11 is 5.41. The van der Waals surface area contributed by atoms with Crippen molar-refractivity contribution in [2.45, 2.75) is 25.3 Å². The second-order valence-corrected chi connectivity index (χ2v) is 8.30. The van der Waals surface area contributed by atoms with Gasteiger partial charge >= 0.3 is 0 Å². The van der Waals surface area contributed by atoms with Gasteiger partial charge in [-0.15, -0.1) is 0 Å². The number of piperazine rings is 1. The van der Waals surface area contributed by atoms with E-state index in [0.29, 0.717) is 29.2 Å². The Morgan fingerprint density at radius 2 is 1.77 bits per heavy atom. The van der Waals surface area contributed by atoms with Gasteiger partial charge in [0.2, 0.25) is 11.8 Å². The van der Waals surface area contributed by atoms with Gasteiger partial charge < -0.3 is 18.9 Å². The van der Waals surface area contributed by atoms with Gasteiger partial charge in [-0.05, 0) is 18.6 Å². The molecule has 1 atom stereocenters. The van der Waals surface area contributed by atoms with Crippen molar-refractivity contribution in [1.82, 2.24) is 18.9 Å². The Morgan fingerprint density at radius 3 is 2.39 bits per heavy atom. The molecule has 0 radical (unpaired) electrons.